The van der Waals surface area contributed by atoms with Crippen molar-refractivity contribution in [1.29, 1.82) is 5.26 Å². The van der Waals surface area contributed by atoms with Crippen molar-refractivity contribution in [3.63, 3.8) is 0 Å². The first-order chi connectivity index (χ1) is 8.69. The zero-order valence-corrected chi connectivity index (χ0v) is 11.4. The van der Waals surface area contributed by atoms with Gasteiger partial charge in [0.1, 0.15) is 0 Å². The Balaban J connectivity index is 0.00000180. The fraction of sp³-hybridized carbons (Fsp3) is 0.0769. The van der Waals surface area contributed by atoms with Crippen LogP contribution < -0.4 is 21.5 Å². The van der Waals surface area contributed by atoms with Crippen molar-refractivity contribution in [2.75, 3.05) is 0 Å². The molecule has 0 radical (unpaired) electrons. The van der Waals surface area contributed by atoms with E-state index in [0.29, 0.717) is 12.1 Å². The third-order valence-electron chi connectivity index (χ3n) is 2.53. The van der Waals surface area contributed by atoms with E-state index in [1.807, 2.05) is 10.6 Å². The molecule has 0 fully saturated rings. The molecule has 0 saturated heterocycles. The molecule has 6 heteroatoms. The molecule has 0 aliphatic carbocycles. The van der Waals surface area contributed by atoms with Crippen LogP contribution >= 0.6 is 0 Å². The summed E-state index contributed by atoms with van der Waals surface area (Å²) < 4.78 is 1.90. The lowest BCUT2D eigenvalue weighted by molar-refractivity contribution is -0.688. The zero-order valence-electron chi connectivity index (χ0n) is 9.86. The Labute approximate surface area is 120 Å². The SMILES string of the molecule is N#Cc1cc[n+](Cc2ccc([N+](=O)[O-])cc2)cc1.[Br-]. The molecule has 5 nitrogen and oxygen atoms in total. The lowest BCUT2D eigenvalue weighted by atomic mass is 10.2. The van der Waals surface area contributed by atoms with Gasteiger partial charge in [0.2, 0.25) is 0 Å². The molecule has 0 aliphatic rings. The summed E-state index contributed by atoms with van der Waals surface area (Å²) in [5, 5.41) is 19.2. The van der Waals surface area contributed by atoms with Crippen molar-refractivity contribution in [1.82, 2.24) is 0 Å². The summed E-state index contributed by atoms with van der Waals surface area (Å²) >= 11 is 0. The number of benzene rings is 1. The van der Waals surface area contributed by atoms with Gasteiger partial charge in [-0.1, -0.05) is 0 Å². The monoisotopic (exact) mass is 319 g/mol. The van der Waals surface area contributed by atoms with Crippen molar-refractivity contribution >= 4 is 5.69 Å². The van der Waals surface area contributed by atoms with Gasteiger partial charge >= 0.3 is 0 Å². The Hall–Kier alpha value is -2.26. The Bertz CT molecular complexity index is 603. The van der Waals surface area contributed by atoms with Gasteiger partial charge in [0, 0.05) is 29.8 Å². The van der Waals surface area contributed by atoms with Crippen LogP contribution in [0.25, 0.3) is 0 Å². The summed E-state index contributed by atoms with van der Waals surface area (Å²) in [5.74, 6) is 0. The van der Waals surface area contributed by atoms with E-state index >= 15 is 0 Å². The van der Waals surface area contributed by atoms with E-state index in [9.17, 15) is 10.1 Å². The molecule has 96 valence electrons. The van der Waals surface area contributed by atoms with E-state index in [2.05, 4.69) is 0 Å². The van der Waals surface area contributed by atoms with Crippen LogP contribution in [0.3, 0.4) is 0 Å². The summed E-state index contributed by atoms with van der Waals surface area (Å²) in [6, 6.07) is 11.9. The third kappa shape index (κ3) is 3.86. The number of nitrogens with zero attached hydrogens (tertiary/aromatic N) is 3. The highest BCUT2D eigenvalue weighted by molar-refractivity contribution is 5.32. The van der Waals surface area contributed by atoms with E-state index in [-0.39, 0.29) is 22.7 Å². The molecule has 0 bridgehead atoms. The van der Waals surface area contributed by atoms with E-state index in [4.69, 9.17) is 5.26 Å². The fourth-order valence-electron chi connectivity index (χ4n) is 1.57. The summed E-state index contributed by atoms with van der Waals surface area (Å²) in [5.41, 5.74) is 1.66. The number of nitro benzene ring substituents is 1. The zero-order chi connectivity index (χ0) is 13.0. The minimum absolute atomic E-state index is 0. The number of nitriles is 1. The number of aromatic nitrogens is 1. The second-order valence-electron chi connectivity index (χ2n) is 3.79. The van der Waals surface area contributed by atoms with Gasteiger partial charge in [-0.15, -0.1) is 0 Å². The maximum Gasteiger partial charge on any atom is 0.269 e. The van der Waals surface area contributed by atoms with Crippen LogP contribution in [0.4, 0.5) is 5.69 Å². The number of non-ortho nitro benzene ring substituents is 1. The first kappa shape index (κ1) is 14.8. The van der Waals surface area contributed by atoms with E-state index in [0.717, 1.165) is 5.56 Å². The standard InChI is InChI=1S/C13H10N3O2.BrH/c14-9-11-5-7-15(8-6-11)10-12-1-3-13(4-2-12)16(17)18;/h1-8H,10H2;1H/q+1;/p-1. The molecule has 0 unspecified atom stereocenters. The van der Waals surface area contributed by atoms with Crippen LogP contribution in [0.1, 0.15) is 11.1 Å². The average Bonchev–Trinajstić information content (AvgIpc) is 2.40. The molecular weight excluding hydrogens is 310 g/mol. The predicted molar refractivity (Wildman–Crippen MR) is 63.6 cm³/mol. The van der Waals surface area contributed by atoms with Crippen LogP contribution in [0.5, 0.6) is 0 Å². The number of halogens is 1. The minimum Gasteiger partial charge on any atom is -1.00 e. The van der Waals surface area contributed by atoms with Crippen LogP contribution in [0.2, 0.25) is 0 Å². The molecule has 0 aliphatic heterocycles. The Kier molecular flexibility index (Phi) is 5.15. The molecule has 19 heavy (non-hydrogen) atoms. The largest absolute Gasteiger partial charge is 1.00 e. The number of rotatable bonds is 3. The molecule has 2 rings (SSSR count). The van der Waals surface area contributed by atoms with E-state index < -0.39 is 4.92 Å². The van der Waals surface area contributed by atoms with Crippen molar-refractivity contribution in [3.8, 4) is 6.07 Å². The van der Waals surface area contributed by atoms with Crippen LogP contribution in [0, 0.1) is 21.4 Å². The number of nitro groups is 1. The molecule has 2 aromatic rings. The van der Waals surface area contributed by atoms with Gasteiger partial charge < -0.3 is 17.0 Å². The second kappa shape index (κ2) is 6.61. The van der Waals surface area contributed by atoms with Gasteiger partial charge in [0.05, 0.1) is 16.6 Å². The van der Waals surface area contributed by atoms with Crippen molar-refractivity contribution in [2.45, 2.75) is 6.54 Å². The number of pyridine rings is 1. The summed E-state index contributed by atoms with van der Waals surface area (Å²) in [6.07, 6.45) is 3.61. The van der Waals surface area contributed by atoms with Crippen LogP contribution in [-0.4, -0.2) is 4.92 Å². The summed E-state index contributed by atoms with van der Waals surface area (Å²) in [7, 11) is 0. The Morgan fingerprint density at radius 2 is 1.74 bits per heavy atom. The van der Waals surface area contributed by atoms with Crippen molar-refractivity contribution in [2.24, 2.45) is 0 Å². The Morgan fingerprint density at radius 1 is 1.16 bits per heavy atom. The highest BCUT2D eigenvalue weighted by Gasteiger charge is 2.07. The highest BCUT2D eigenvalue weighted by atomic mass is 79.9. The lowest BCUT2D eigenvalue weighted by Gasteiger charge is -1.97. The lowest BCUT2D eigenvalue weighted by Crippen LogP contribution is -3.00. The first-order valence-electron chi connectivity index (χ1n) is 5.31. The first-order valence-corrected chi connectivity index (χ1v) is 5.31. The number of hydrogen-bond donors (Lipinski definition) is 0. The predicted octanol–water partition coefficient (Wildman–Crippen LogP) is -1.19. The smallest absolute Gasteiger partial charge is 0.269 e. The minimum atomic E-state index is -0.418. The van der Waals surface area contributed by atoms with Crippen LogP contribution in [-0.2, 0) is 6.54 Å². The topological polar surface area (TPSA) is 70.8 Å². The molecule has 0 atom stereocenters. The molecule has 0 N–H and O–H groups in total. The number of hydrogen-bond acceptors (Lipinski definition) is 3. The molecule has 1 aromatic heterocycles. The van der Waals surface area contributed by atoms with Crippen molar-refractivity contribution < 1.29 is 26.5 Å². The average molecular weight is 320 g/mol. The molecule has 0 saturated carbocycles. The maximum atomic E-state index is 10.5. The molecule has 0 amide bonds. The van der Waals surface area contributed by atoms with Gasteiger partial charge in [-0.05, 0) is 12.1 Å². The van der Waals surface area contributed by atoms with Gasteiger partial charge in [-0.3, -0.25) is 10.1 Å². The highest BCUT2D eigenvalue weighted by Crippen LogP contribution is 2.11. The quantitative estimate of drug-likeness (QED) is 0.405. The molecule has 1 aromatic carbocycles. The normalized spacial score (nSPS) is 9.21. The van der Waals surface area contributed by atoms with E-state index in [1.165, 1.54) is 12.1 Å². The molecule has 0 spiro atoms. The third-order valence-corrected chi connectivity index (χ3v) is 2.53. The van der Waals surface area contributed by atoms with Gasteiger partial charge in [0.25, 0.3) is 5.69 Å². The van der Waals surface area contributed by atoms with Gasteiger partial charge in [0.15, 0.2) is 18.9 Å². The van der Waals surface area contributed by atoms with Crippen LogP contribution in [0.15, 0.2) is 48.8 Å². The molecular formula is C13H10BrN3O2. The van der Waals surface area contributed by atoms with Crippen molar-refractivity contribution in [3.05, 3.63) is 70.0 Å². The van der Waals surface area contributed by atoms with E-state index in [1.54, 1.807) is 36.7 Å². The summed E-state index contributed by atoms with van der Waals surface area (Å²) in [6.45, 7) is 0.615. The van der Waals surface area contributed by atoms with Gasteiger partial charge in [-0.25, -0.2) is 4.57 Å². The fourth-order valence-corrected chi connectivity index (χ4v) is 1.57. The summed E-state index contributed by atoms with van der Waals surface area (Å²) in [4.78, 5) is 10.1. The Morgan fingerprint density at radius 3 is 2.21 bits per heavy atom. The maximum absolute atomic E-state index is 10.5. The van der Waals surface area contributed by atoms with Gasteiger partial charge in [-0.2, -0.15) is 5.26 Å². The second-order valence-corrected chi connectivity index (χ2v) is 3.79. The molecule has 1 heterocycles.